The molecule has 1 aliphatic carbocycles. The molecule has 0 unspecified atom stereocenters. The maximum Gasteiger partial charge on any atom is 0.243 e. The summed E-state index contributed by atoms with van der Waals surface area (Å²) < 4.78 is 28.0. The van der Waals surface area contributed by atoms with Gasteiger partial charge in [-0.1, -0.05) is 22.9 Å². The van der Waals surface area contributed by atoms with Gasteiger partial charge in [-0.25, -0.2) is 8.42 Å². The Kier molecular flexibility index (Phi) is 5.23. The van der Waals surface area contributed by atoms with Gasteiger partial charge in [0.1, 0.15) is 0 Å². The van der Waals surface area contributed by atoms with Crippen LogP contribution in [0.5, 0.6) is 0 Å². The Bertz CT molecular complexity index is 537. The van der Waals surface area contributed by atoms with E-state index in [-0.39, 0.29) is 12.1 Å². The number of hydrogen-bond donors (Lipinski definition) is 1. The van der Waals surface area contributed by atoms with Crippen LogP contribution in [0.3, 0.4) is 0 Å². The Morgan fingerprint density at radius 3 is 2.25 bits per heavy atom. The quantitative estimate of drug-likeness (QED) is 0.897. The van der Waals surface area contributed by atoms with E-state index in [1.54, 1.807) is 28.6 Å². The summed E-state index contributed by atoms with van der Waals surface area (Å²) in [5.41, 5.74) is 5.90. The lowest BCUT2D eigenvalue weighted by atomic mass is 9.92. The second kappa shape index (κ2) is 6.56. The molecule has 1 aromatic rings. The van der Waals surface area contributed by atoms with Gasteiger partial charge in [0.25, 0.3) is 0 Å². The number of nitrogens with two attached hydrogens (primary N) is 1. The Balaban J connectivity index is 2.23. The molecule has 1 aromatic carbocycles. The molecule has 0 aliphatic heterocycles. The Morgan fingerprint density at radius 1 is 1.20 bits per heavy atom. The molecular formula is C14H21BrN2O2S. The third kappa shape index (κ3) is 3.42. The van der Waals surface area contributed by atoms with Crippen molar-refractivity contribution < 1.29 is 8.42 Å². The Labute approximate surface area is 129 Å². The summed E-state index contributed by atoms with van der Waals surface area (Å²) in [6.45, 7) is 2.39. The molecule has 1 aliphatic rings. The van der Waals surface area contributed by atoms with Gasteiger partial charge in [0.05, 0.1) is 4.90 Å². The van der Waals surface area contributed by atoms with Crippen molar-refractivity contribution in [1.29, 1.82) is 0 Å². The average Bonchev–Trinajstić information content (AvgIpc) is 2.42. The fourth-order valence-corrected chi connectivity index (χ4v) is 4.71. The van der Waals surface area contributed by atoms with E-state index < -0.39 is 10.0 Å². The minimum atomic E-state index is -3.41. The van der Waals surface area contributed by atoms with E-state index >= 15 is 0 Å². The van der Waals surface area contributed by atoms with E-state index in [0.717, 1.165) is 30.2 Å². The van der Waals surface area contributed by atoms with Gasteiger partial charge >= 0.3 is 0 Å². The first-order chi connectivity index (χ1) is 9.45. The van der Waals surface area contributed by atoms with Crippen LogP contribution in [-0.4, -0.2) is 31.4 Å². The highest BCUT2D eigenvalue weighted by molar-refractivity contribution is 9.10. The number of sulfonamides is 1. The maximum atomic E-state index is 12.7. The zero-order valence-corrected chi connectivity index (χ0v) is 14.0. The van der Waals surface area contributed by atoms with Crippen molar-refractivity contribution in [2.75, 3.05) is 6.54 Å². The molecule has 0 saturated heterocycles. The van der Waals surface area contributed by atoms with Crippen LogP contribution in [0.4, 0.5) is 0 Å². The maximum absolute atomic E-state index is 12.7. The van der Waals surface area contributed by atoms with Crippen LogP contribution < -0.4 is 5.73 Å². The topological polar surface area (TPSA) is 63.4 Å². The van der Waals surface area contributed by atoms with Gasteiger partial charge in [-0.05, 0) is 49.9 Å². The van der Waals surface area contributed by atoms with Gasteiger partial charge in [0.15, 0.2) is 0 Å². The first-order valence-corrected chi connectivity index (χ1v) is 9.21. The molecule has 112 valence electrons. The number of rotatable bonds is 4. The third-order valence-electron chi connectivity index (χ3n) is 3.88. The van der Waals surface area contributed by atoms with Crippen molar-refractivity contribution in [3.8, 4) is 0 Å². The van der Waals surface area contributed by atoms with Crippen molar-refractivity contribution in [3.05, 3.63) is 28.7 Å². The van der Waals surface area contributed by atoms with Crippen molar-refractivity contribution in [2.45, 2.75) is 49.6 Å². The Morgan fingerprint density at radius 2 is 1.75 bits per heavy atom. The fourth-order valence-electron chi connectivity index (χ4n) is 2.76. The van der Waals surface area contributed by atoms with Gasteiger partial charge < -0.3 is 5.73 Å². The minimum absolute atomic E-state index is 0.0773. The minimum Gasteiger partial charge on any atom is -0.328 e. The number of hydrogen-bond acceptors (Lipinski definition) is 3. The standard InChI is InChI=1S/C14H21BrN2O2S/c1-2-17(13-7-5-12(16)6-8-13)20(18,19)14-9-3-11(15)4-10-14/h3-4,9-10,12-13H,2,5-8,16H2,1H3. The number of halogens is 1. The second-order valence-corrected chi connectivity index (χ2v) is 8.04. The first-order valence-electron chi connectivity index (χ1n) is 6.98. The number of benzene rings is 1. The lowest BCUT2D eigenvalue weighted by molar-refractivity contribution is 0.247. The molecule has 1 saturated carbocycles. The lowest BCUT2D eigenvalue weighted by Crippen LogP contribution is -2.44. The van der Waals surface area contributed by atoms with Gasteiger partial charge in [0, 0.05) is 23.1 Å². The summed E-state index contributed by atoms with van der Waals surface area (Å²) in [4.78, 5) is 0.359. The molecule has 0 atom stereocenters. The van der Waals surface area contributed by atoms with E-state index in [1.807, 2.05) is 6.92 Å². The molecule has 4 nitrogen and oxygen atoms in total. The van der Waals surface area contributed by atoms with Crippen molar-refractivity contribution >= 4 is 26.0 Å². The zero-order chi connectivity index (χ0) is 14.8. The predicted molar refractivity (Wildman–Crippen MR) is 83.9 cm³/mol. The first kappa shape index (κ1) is 15.9. The fraction of sp³-hybridized carbons (Fsp3) is 0.571. The van der Waals surface area contributed by atoms with Crippen LogP contribution >= 0.6 is 15.9 Å². The smallest absolute Gasteiger partial charge is 0.243 e. The summed E-state index contributed by atoms with van der Waals surface area (Å²) >= 11 is 3.33. The highest BCUT2D eigenvalue weighted by Crippen LogP contribution is 2.27. The van der Waals surface area contributed by atoms with Crippen LogP contribution in [-0.2, 0) is 10.0 Å². The van der Waals surface area contributed by atoms with E-state index in [2.05, 4.69) is 15.9 Å². The van der Waals surface area contributed by atoms with E-state index in [1.165, 1.54) is 0 Å². The van der Waals surface area contributed by atoms with Crippen molar-refractivity contribution in [3.63, 3.8) is 0 Å². The SMILES string of the molecule is CCN(C1CCC(N)CC1)S(=O)(=O)c1ccc(Br)cc1. The molecule has 0 spiro atoms. The third-order valence-corrected chi connectivity index (χ3v) is 6.45. The Hall–Kier alpha value is -0.430. The molecule has 2 N–H and O–H groups in total. The molecule has 0 radical (unpaired) electrons. The molecule has 2 rings (SSSR count). The molecule has 0 heterocycles. The second-order valence-electron chi connectivity index (χ2n) is 5.23. The normalized spacial score (nSPS) is 24.0. The summed E-state index contributed by atoms with van der Waals surface area (Å²) in [6, 6.07) is 7.12. The molecule has 1 fully saturated rings. The van der Waals surface area contributed by atoms with Crippen LogP contribution in [0, 0.1) is 0 Å². The van der Waals surface area contributed by atoms with Gasteiger partial charge in [-0.2, -0.15) is 4.31 Å². The van der Waals surface area contributed by atoms with E-state index in [0.29, 0.717) is 11.4 Å². The average molecular weight is 361 g/mol. The van der Waals surface area contributed by atoms with Crippen LogP contribution in [0.2, 0.25) is 0 Å². The van der Waals surface area contributed by atoms with Gasteiger partial charge in [-0.3, -0.25) is 0 Å². The molecule has 20 heavy (non-hydrogen) atoms. The van der Waals surface area contributed by atoms with Gasteiger partial charge in [-0.15, -0.1) is 0 Å². The van der Waals surface area contributed by atoms with Crippen molar-refractivity contribution in [1.82, 2.24) is 4.31 Å². The van der Waals surface area contributed by atoms with Crippen LogP contribution in [0.25, 0.3) is 0 Å². The van der Waals surface area contributed by atoms with E-state index in [9.17, 15) is 8.42 Å². The zero-order valence-electron chi connectivity index (χ0n) is 11.6. The summed E-state index contributed by atoms with van der Waals surface area (Å²) in [7, 11) is -3.41. The summed E-state index contributed by atoms with van der Waals surface area (Å²) in [5, 5.41) is 0. The van der Waals surface area contributed by atoms with Crippen molar-refractivity contribution in [2.24, 2.45) is 5.73 Å². The molecule has 0 bridgehead atoms. The van der Waals surface area contributed by atoms with Crippen LogP contribution in [0.1, 0.15) is 32.6 Å². The van der Waals surface area contributed by atoms with E-state index in [4.69, 9.17) is 5.73 Å². The molecule has 0 amide bonds. The molecule has 0 aromatic heterocycles. The lowest BCUT2D eigenvalue weighted by Gasteiger charge is -2.34. The summed E-state index contributed by atoms with van der Waals surface area (Å²) in [5.74, 6) is 0. The van der Waals surface area contributed by atoms with Crippen LogP contribution in [0.15, 0.2) is 33.6 Å². The largest absolute Gasteiger partial charge is 0.328 e. The highest BCUT2D eigenvalue weighted by Gasteiger charge is 2.32. The monoisotopic (exact) mass is 360 g/mol. The molecular weight excluding hydrogens is 340 g/mol. The van der Waals surface area contributed by atoms with Gasteiger partial charge in [0.2, 0.25) is 10.0 Å². The summed E-state index contributed by atoms with van der Waals surface area (Å²) in [6.07, 6.45) is 3.50. The predicted octanol–water partition coefficient (Wildman–Crippen LogP) is 2.73. The number of nitrogens with zero attached hydrogens (tertiary/aromatic N) is 1. The highest BCUT2D eigenvalue weighted by atomic mass is 79.9. The molecule has 6 heteroatoms.